The van der Waals surface area contributed by atoms with E-state index in [4.69, 9.17) is 0 Å². The van der Waals surface area contributed by atoms with Crippen LogP contribution in [0.4, 0.5) is 5.82 Å². The maximum absolute atomic E-state index is 10.9. The van der Waals surface area contributed by atoms with E-state index < -0.39 is 0 Å². The molecular formula is C22H16N4O. The summed E-state index contributed by atoms with van der Waals surface area (Å²) >= 11 is 0. The molecular weight excluding hydrogens is 336 g/mol. The number of rotatable bonds is 4. The minimum absolute atomic E-state index is 0.115. The van der Waals surface area contributed by atoms with Crippen LogP contribution in [0.3, 0.4) is 0 Å². The normalized spacial score (nSPS) is 11.7. The van der Waals surface area contributed by atoms with E-state index in [1.165, 1.54) is 0 Å². The molecule has 0 bridgehead atoms. The van der Waals surface area contributed by atoms with Crippen molar-refractivity contribution in [2.24, 2.45) is 0 Å². The molecule has 0 fully saturated rings. The van der Waals surface area contributed by atoms with Gasteiger partial charge in [0.2, 0.25) is 0 Å². The van der Waals surface area contributed by atoms with Crippen LogP contribution in [0.5, 0.6) is 5.75 Å². The number of benzene rings is 2. The maximum atomic E-state index is 10.9. The van der Waals surface area contributed by atoms with Crippen molar-refractivity contribution in [1.29, 1.82) is 5.26 Å². The van der Waals surface area contributed by atoms with Gasteiger partial charge in [-0.05, 0) is 35.9 Å². The Kier molecular flexibility index (Phi) is 4.38. The Balaban J connectivity index is 1.87. The molecule has 4 aromatic rings. The van der Waals surface area contributed by atoms with Crippen molar-refractivity contribution in [1.82, 2.24) is 9.97 Å². The van der Waals surface area contributed by atoms with Gasteiger partial charge in [-0.15, -0.1) is 0 Å². The quantitative estimate of drug-likeness (QED) is 0.568. The summed E-state index contributed by atoms with van der Waals surface area (Å²) in [6, 6.07) is 22.2. The van der Waals surface area contributed by atoms with Crippen LogP contribution in [-0.4, -0.2) is 15.1 Å². The topological polar surface area (TPSA) is 81.8 Å². The first kappa shape index (κ1) is 16.6. The first-order valence-electron chi connectivity index (χ1n) is 8.50. The lowest BCUT2D eigenvalue weighted by Gasteiger charge is -2.22. The van der Waals surface area contributed by atoms with Crippen LogP contribution in [-0.2, 0) is 0 Å². The number of aromatic hydroxyl groups is 1. The van der Waals surface area contributed by atoms with Gasteiger partial charge in [-0.2, -0.15) is 5.26 Å². The number of nitriles is 1. The number of phenolic OH excluding ortho intramolecular Hbond substituents is 1. The third-order valence-corrected chi connectivity index (χ3v) is 4.40. The lowest BCUT2D eigenvalue weighted by molar-refractivity contribution is 0.471. The van der Waals surface area contributed by atoms with Gasteiger partial charge >= 0.3 is 0 Å². The minimum Gasteiger partial charge on any atom is -0.505 e. The van der Waals surface area contributed by atoms with Gasteiger partial charge in [0.05, 0.1) is 17.7 Å². The SMILES string of the molecule is N#Cc1cccc(C(Nc2ccccn2)c2ccc3cccnc3c2O)c1. The summed E-state index contributed by atoms with van der Waals surface area (Å²) in [7, 11) is 0. The molecule has 4 rings (SSSR count). The van der Waals surface area contributed by atoms with Gasteiger partial charge in [-0.25, -0.2) is 4.98 Å². The van der Waals surface area contributed by atoms with Crippen LogP contribution in [0.25, 0.3) is 10.9 Å². The van der Waals surface area contributed by atoms with E-state index in [1.807, 2.05) is 60.7 Å². The highest BCUT2D eigenvalue weighted by atomic mass is 16.3. The van der Waals surface area contributed by atoms with Gasteiger partial charge in [0.25, 0.3) is 0 Å². The molecule has 2 heterocycles. The van der Waals surface area contributed by atoms with Crippen LogP contribution >= 0.6 is 0 Å². The van der Waals surface area contributed by atoms with Crippen LogP contribution < -0.4 is 5.32 Å². The molecule has 0 saturated heterocycles. The van der Waals surface area contributed by atoms with Crippen LogP contribution in [0.15, 0.2) is 79.1 Å². The standard InChI is InChI=1S/C22H16N4O/c23-14-15-5-3-6-17(13-15)20(26-19-8-1-2-11-24-19)18-10-9-16-7-4-12-25-21(16)22(18)27/h1-13,20,27H,(H,24,26). The van der Waals surface area contributed by atoms with E-state index in [2.05, 4.69) is 21.4 Å². The highest BCUT2D eigenvalue weighted by Gasteiger charge is 2.20. The number of nitrogens with zero attached hydrogens (tertiary/aromatic N) is 3. The molecule has 5 heteroatoms. The van der Waals surface area contributed by atoms with Gasteiger partial charge in [0.15, 0.2) is 0 Å². The summed E-state index contributed by atoms with van der Waals surface area (Å²) in [5.41, 5.74) is 2.62. The highest BCUT2D eigenvalue weighted by Crippen LogP contribution is 2.36. The van der Waals surface area contributed by atoms with Crippen LogP contribution in [0.2, 0.25) is 0 Å². The van der Waals surface area contributed by atoms with E-state index in [0.29, 0.717) is 22.5 Å². The third-order valence-electron chi connectivity index (χ3n) is 4.40. The van der Waals surface area contributed by atoms with E-state index in [0.717, 1.165) is 10.9 Å². The second kappa shape index (κ2) is 7.14. The Morgan fingerprint density at radius 1 is 0.926 bits per heavy atom. The van der Waals surface area contributed by atoms with E-state index >= 15 is 0 Å². The number of fused-ring (bicyclic) bond motifs is 1. The molecule has 2 aromatic heterocycles. The fourth-order valence-electron chi connectivity index (χ4n) is 3.10. The molecule has 27 heavy (non-hydrogen) atoms. The number of hydrogen-bond donors (Lipinski definition) is 2. The van der Waals surface area contributed by atoms with Crippen molar-refractivity contribution < 1.29 is 5.11 Å². The number of nitrogens with one attached hydrogen (secondary N) is 1. The fourth-order valence-corrected chi connectivity index (χ4v) is 3.10. The number of aromatic nitrogens is 2. The molecule has 130 valence electrons. The molecule has 2 N–H and O–H groups in total. The predicted molar refractivity (Wildman–Crippen MR) is 104 cm³/mol. The summed E-state index contributed by atoms with van der Waals surface area (Å²) in [4.78, 5) is 8.64. The van der Waals surface area contributed by atoms with Gasteiger partial charge in [0, 0.05) is 23.3 Å². The fraction of sp³-hybridized carbons (Fsp3) is 0.0455. The highest BCUT2D eigenvalue weighted by molar-refractivity contribution is 5.86. The summed E-state index contributed by atoms with van der Waals surface area (Å²) in [6.45, 7) is 0. The zero-order valence-electron chi connectivity index (χ0n) is 14.4. The van der Waals surface area contributed by atoms with Gasteiger partial charge < -0.3 is 10.4 Å². The molecule has 0 aliphatic carbocycles. The Morgan fingerprint density at radius 2 is 1.81 bits per heavy atom. The Labute approximate surface area is 156 Å². The van der Waals surface area contributed by atoms with Crippen molar-refractivity contribution >= 4 is 16.7 Å². The van der Waals surface area contributed by atoms with E-state index in [9.17, 15) is 10.4 Å². The third kappa shape index (κ3) is 3.29. The van der Waals surface area contributed by atoms with Gasteiger partial charge in [-0.3, -0.25) is 4.98 Å². The number of pyridine rings is 2. The molecule has 5 nitrogen and oxygen atoms in total. The summed E-state index contributed by atoms with van der Waals surface area (Å²) in [5, 5.41) is 24.4. The molecule has 0 spiro atoms. The van der Waals surface area contributed by atoms with Gasteiger partial charge in [0.1, 0.15) is 17.1 Å². The molecule has 0 amide bonds. The molecule has 0 aliphatic rings. The molecule has 1 atom stereocenters. The molecule has 0 saturated carbocycles. The van der Waals surface area contributed by atoms with Crippen molar-refractivity contribution in [3.05, 3.63) is 95.8 Å². The summed E-state index contributed by atoms with van der Waals surface area (Å²) in [5.74, 6) is 0.786. The number of anilines is 1. The Hall–Kier alpha value is -3.91. The van der Waals surface area contributed by atoms with E-state index in [-0.39, 0.29) is 11.8 Å². The Morgan fingerprint density at radius 3 is 2.63 bits per heavy atom. The smallest absolute Gasteiger partial charge is 0.147 e. The lowest BCUT2D eigenvalue weighted by Crippen LogP contribution is -2.14. The van der Waals surface area contributed by atoms with Crippen molar-refractivity contribution in [3.8, 4) is 11.8 Å². The Bertz CT molecular complexity index is 1140. The first-order chi connectivity index (χ1) is 13.3. The second-order valence-electron chi connectivity index (χ2n) is 6.11. The second-order valence-corrected chi connectivity index (χ2v) is 6.11. The van der Waals surface area contributed by atoms with Crippen molar-refractivity contribution in [2.75, 3.05) is 5.32 Å². The lowest BCUT2D eigenvalue weighted by atomic mass is 9.95. The van der Waals surface area contributed by atoms with Crippen LogP contribution in [0, 0.1) is 11.3 Å². The van der Waals surface area contributed by atoms with Crippen LogP contribution in [0.1, 0.15) is 22.7 Å². The zero-order valence-corrected chi connectivity index (χ0v) is 14.4. The summed E-state index contributed by atoms with van der Waals surface area (Å²) in [6.07, 6.45) is 3.36. The number of hydrogen-bond acceptors (Lipinski definition) is 5. The van der Waals surface area contributed by atoms with Gasteiger partial charge in [-0.1, -0.05) is 36.4 Å². The molecule has 1 unspecified atom stereocenters. The van der Waals surface area contributed by atoms with Crippen molar-refractivity contribution in [2.45, 2.75) is 6.04 Å². The first-order valence-corrected chi connectivity index (χ1v) is 8.50. The molecule has 0 radical (unpaired) electrons. The predicted octanol–water partition coefficient (Wildman–Crippen LogP) is 4.41. The number of phenols is 1. The zero-order chi connectivity index (χ0) is 18.6. The summed E-state index contributed by atoms with van der Waals surface area (Å²) < 4.78 is 0. The molecule has 0 aliphatic heterocycles. The average molecular weight is 352 g/mol. The average Bonchev–Trinajstić information content (AvgIpc) is 2.74. The largest absolute Gasteiger partial charge is 0.505 e. The maximum Gasteiger partial charge on any atom is 0.147 e. The molecule has 2 aromatic carbocycles. The van der Waals surface area contributed by atoms with Crippen molar-refractivity contribution in [3.63, 3.8) is 0 Å². The minimum atomic E-state index is -0.389. The monoisotopic (exact) mass is 352 g/mol. The van der Waals surface area contributed by atoms with E-state index in [1.54, 1.807) is 18.5 Å².